The molecule has 26 heavy (non-hydrogen) atoms. The van der Waals surface area contributed by atoms with Gasteiger partial charge in [0, 0.05) is 27.5 Å². The van der Waals surface area contributed by atoms with Gasteiger partial charge in [-0.1, -0.05) is 28.1 Å². The number of oxazole rings is 1. The number of rotatable bonds is 3. The summed E-state index contributed by atoms with van der Waals surface area (Å²) in [4.78, 5) is 21.1. The Morgan fingerprint density at radius 2 is 2.00 bits per heavy atom. The Morgan fingerprint density at radius 1 is 1.12 bits per heavy atom. The number of halogens is 1. The quantitative estimate of drug-likeness (QED) is 0.505. The largest absolute Gasteiger partial charge is 0.434 e. The Labute approximate surface area is 158 Å². The predicted molar refractivity (Wildman–Crippen MR) is 104 cm³/mol. The van der Waals surface area contributed by atoms with Gasteiger partial charge in [-0.25, -0.2) is 4.98 Å². The van der Waals surface area contributed by atoms with Gasteiger partial charge in [0.05, 0.1) is 0 Å². The number of carbonyl (C=O) groups excluding carboxylic acids is 1. The molecule has 2 heterocycles. The number of anilines is 1. The highest BCUT2D eigenvalue weighted by molar-refractivity contribution is 9.10. The van der Waals surface area contributed by atoms with Crippen molar-refractivity contribution in [2.24, 2.45) is 0 Å². The lowest BCUT2D eigenvalue weighted by atomic mass is 10.1. The van der Waals surface area contributed by atoms with Gasteiger partial charge in [-0.2, -0.15) is 4.98 Å². The first-order valence-corrected chi connectivity index (χ1v) is 8.79. The van der Waals surface area contributed by atoms with Gasteiger partial charge in [0.1, 0.15) is 0 Å². The SMILES string of the molecule is Cc1ccc(-c2nc3ncccc3o2)cc1NC(=O)c1cccc(Br)c1. The lowest BCUT2D eigenvalue weighted by Crippen LogP contribution is -2.12. The number of benzene rings is 2. The average Bonchev–Trinajstić information content (AvgIpc) is 3.07. The molecule has 4 aromatic rings. The first kappa shape index (κ1) is 16.5. The molecular weight excluding hydrogens is 394 g/mol. The highest BCUT2D eigenvalue weighted by Crippen LogP contribution is 2.27. The molecule has 0 saturated carbocycles. The zero-order chi connectivity index (χ0) is 18.1. The van der Waals surface area contributed by atoms with E-state index in [-0.39, 0.29) is 5.91 Å². The molecule has 0 aliphatic heterocycles. The molecule has 0 aliphatic rings. The molecule has 1 N–H and O–H groups in total. The van der Waals surface area contributed by atoms with Crippen molar-refractivity contribution in [2.75, 3.05) is 5.32 Å². The van der Waals surface area contributed by atoms with Gasteiger partial charge in [0.25, 0.3) is 5.91 Å². The van der Waals surface area contributed by atoms with Crippen molar-refractivity contribution in [1.82, 2.24) is 9.97 Å². The van der Waals surface area contributed by atoms with Gasteiger partial charge in [0.2, 0.25) is 5.89 Å². The maximum atomic E-state index is 12.5. The van der Waals surface area contributed by atoms with Crippen LogP contribution in [0.1, 0.15) is 15.9 Å². The second-order valence-corrected chi connectivity index (χ2v) is 6.75. The van der Waals surface area contributed by atoms with Crippen molar-refractivity contribution < 1.29 is 9.21 Å². The molecule has 0 atom stereocenters. The summed E-state index contributed by atoms with van der Waals surface area (Å²) in [6.07, 6.45) is 1.67. The first-order chi connectivity index (χ1) is 12.6. The van der Waals surface area contributed by atoms with E-state index in [0.717, 1.165) is 15.6 Å². The summed E-state index contributed by atoms with van der Waals surface area (Å²) in [6.45, 7) is 1.94. The second-order valence-electron chi connectivity index (χ2n) is 5.84. The third-order valence-electron chi connectivity index (χ3n) is 3.98. The molecule has 0 saturated heterocycles. The molecule has 0 spiro atoms. The molecule has 0 aliphatic carbocycles. The van der Waals surface area contributed by atoms with Crippen molar-refractivity contribution in [2.45, 2.75) is 6.92 Å². The van der Waals surface area contributed by atoms with Crippen LogP contribution in [0.5, 0.6) is 0 Å². The topological polar surface area (TPSA) is 68.0 Å². The van der Waals surface area contributed by atoms with Crippen LogP contribution in [0.4, 0.5) is 5.69 Å². The summed E-state index contributed by atoms with van der Waals surface area (Å²) in [7, 11) is 0. The number of carbonyl (C=O) groups is 1. The van der Waals surface area contributed by atoms with Crippen molar-refractivity contribution >= 4 is 38.8 Å². The summed E-state index contributed by atoms with van der Waals surface area (Å²) in [6, 6.07) is 16.6. The van der Waals surface area contributed by atoms with Crippen LogP contribution < -0.4 is 5.32 Å². The fourth-order valence-electron chi connectivity index (χ4n) is 2.61. The van der Waals surface area contributed by atoms with E-state index in [0.29, 0.717) is 28.4 Å². The van der Waals surface area contributed by atoms with Crippen LogP contribution in [-0.2, 0) is 0 Å². The summed E-state index contributed by atoms with van der Waals surface area (Å²) in [5.41, 5.74) is 4.20. The number of nitrogens with zero attached hydrogens (tertiary/aromatic N) is 2. The second kappa shape index (κ2) is 6.72. The van der Waals surface area contributed by atoms with Gasteiger partial charge >= 0.3 is 0 Å². The molecule has 128 valence electrons. The van der Waals surface area contributed by atoms with E-state index in [1.54, 1.807) is 24.4 Å². The number of hydrogen-bond acceptors (Lipinski definition) is 4. The Bertz CT molecular complexity index is 1090. The van der Waals surface area contributed by atoms with Gasteiger partial charge < -0.3 is 9.73 Å². The highest BCUT2D eigenvalue weighted by Gasteiger charge is 2.13. The molecule has 4 rings (SSSR count). The molecule has 1 amide bonds. The maximum absolute atomic E-state index is 12.5. The number of aromatic nitrogens is 2. The molecular formula is C20H14BrN3O2. The maximum Gasteiger partial charge on any atom is 0.255 e. The normalized spacial score (nSPS) is 10.8. The van der Waals surface area contributed by atoms with Crippen LogP contribution in [0.25, 0.3) is 22.7 Å². The lowest BCUT2D eigenvalue weighted by molar-refractivity contribution is 0.102. The number of fused-ring (bicyclic) bond motifs is 1. The smallest absolute Gasteiger partial charge is 0.255 e. The average molecular weight is 408 g/mol. The zero-order valence-corrected chi connectivity index (χ0v) is 15.4. The number of hydrogen-bond donors (Lipinski definition) is 1. The zero-order valence-electron chi connectivity index (χ0n) is 13.9. The summed E-state index contributed by atoms with van der Waals surface area (Å²) in [5.74, 6) is 0.294. The molecule has 0 radical (unpaired) electrons. The van der Waals surface area contributed by atoms with Crippen molar-refractivity contribution in [3.8, 4) is 11.5 Å². The number of aryl methyl sites for hydroxylation is 1. The van der Waals surface area contributed by atoms with Gasteiger partial charge in [-0.15, -0.1) is 0 Å². The van der Waals surface area contributed by atoms with Crippen LogP contribution >= 0.6 is 15.9 Å². The Morgan fingerprint density at radius 3 is 2.81 bits per heavy atom. The minimum atomic E-state index is -0.175. The number of nitrogens with one attached hydrogen (secondary N) is 1. The fourth-order valence-corrected chi connectivity index (χ4v) is 3.01. The van der Waals surface area contributed by atoms with Gasteiger partial charge in [-0.05, 0) is 55.0 Å². The number of pyridine rings is 1. The monoisotopic (exact) mass is 407 g/mol. The van der Waals surface area contributed by atoms with E-state index in [2.05, 4.69) is 31.2 Å². The number of amides is 1. The van der Waals surface area contributed by atoms with Crippen molar-refractivity contribution in [3.63, 3.8) is 0 Å². The van der Waals surface area contributed by atoms with E-state index in [4.69, 9.17) is 4.42 Å². The summed E-state index contributed by atoms with van der Waals surface area (Å²) >= 11 is 3.38. The van der Waals surface area contributed by atoms with Crippen molar-refractivity contribution in [1.29, 1.82) is 0 Å². The van der Waals surface area contributed by atoms with E-state index in [9.17, 15) is 4.79 Å². The van der Waals surface area contributed by atoms with Crippen LogP contribution in [0.15, 0.2) is 69.7 Å². The van der Waals surface area contributed by atoms with E-state index >= 15 is 0 Å². The fraction of sp³-hybridized carbons (Fsp3) is 0.0500. The van der Waals surface area contributed by atoms with E-state index in [1.165, 1.54) is 0 Å². The summed E-state index contributed by atoms with van der Waals surface area (Å²) < 4.78 is 6.62. The third kappa shape index (κ3) is 3.23. The molecule has 0 bridgehead atoms. The molecule has 5 nitrogen and oxygen atoms in total. The van der Waals surface area contributed by atoms with Gasteiger partial charge in [-0.3, -0.25) is 4.79 Å². The molecule has 2 aromatic carbocycles. The van der Waals surface area contributed by atoms with E-state index < -0.39 is 0 Å². The van der Waals surface area contributed by atoms with Crippen molar-refractivity contribution in [3.05, 3.63) is 76.4 Å². The minimum Gasteiger partial charge on any atom is -0.434 e. The standard InChI is InChI=1S/C20H14BrN3O2/c1-12-7-8-14(20-24-18-17(26-20)6-3-9-22-18)11-16(12)23-19(25)13-4-2-5-15(21)10-13/h2-11H,1H3,(H,23,25). The molecule has 0 unspecified atom stereocenters. The highest BCUT2D eigenvalue weighted by atomic mass is 79.9. The van der Waals surface area contributed by atoms with Crippen LogP contribution in [0, 0.1) is 6.92 Å². The minimum absolute atomic E-state index is 0.175. The van der Waals surface area contributed by atoms with Crippen LogP contribution in [-0.4, -0.2) is 15.9 Å². The van der Waals surface area contributed by atoms with Crippen LogP contribution in [0.2, 0.25) is 0 Å². The summed E-state index contributed by atoms with van der Waals surface area (Å²) in [5, 5.41) is 2.95. The van der Waals surface area contributed by atoms with E-state index in [1.807, 2.05) is 43.3 Å². The predicted octanol–water partition coefficient (Wildman–Crippen LogP) is 5.21. The molecule has 6 heteroatoms. The molecule has 0 fully saturated rings. The Balaban J connectivity index is 1.67. The first-order valence-electron chi connectivity index (χ1n) is 8.00. The Kier molecular flexibility index (Phi) is 4.26. The van der Waals surface area contributed by atoms with Gasteiger partial charge in [0.15, 0.2) is 11.2 Å². The lowest BCUT2D eigenvalue weighted by Gasteiger charge is -2.10. The van der Waals surface area contributed by atoms with Crippen LogP contribution in [0.3, 0.4) is 0 Å². The Hall–Kier alpha value is -2.99. The molecule has 2 aromatic heterocycles. The third-order valence-corrected chi connectivity index (χ3v) is 4.48.